The Morgan fingerprint density at radius 3 is 2.59 bits per heavy atom. The number of piperazine rings is 1. The van der Waals surface area contributed by atoms with Gasteiger partial charge in [0, 0.05) is 42.3 Å². The minimum Gasteiger partial charge on any atom is -0.336 e. The van der Waals surface area contributed by atoms with Crippen LogP contribution in [0.4, 0.5) is 0 Å². The molecule has 7 nitrogen and oxygen atoms in total. The molecule has 0 aliphatic carbocycles. The Bertz CT molecular complexity index is 1050. The van der Waals surface area contributed by atoms with Gasteiger partial charge in [-0.3, -0.25) is 9.69 Å². The fraction of sp³-hybridized carbons (Fsp3) is 0.238. The van der Waals surface area contributed by atoms with Gasteiger partial charge in [0.25, 0.3) is 11.8 Å². The number of halogens is 1. The lowest BCUT2D eigenvalue weighted by Crippen LogP contribution is -2.48. The average Bonchev–Trinajstić information content (AvgIpc) is 3.22. The monoisotopic (exact) mass is 407 g/mol. The van der Waals surface area contributed by atoms with Crippen LogP contribution in [0, 0.1) is 11.3 Å². The highest BCUT2D eigenvalue weighted by Gasteiger charge is 2.23. The predicted molar refractivity (Wildman–Crippen MR) is 107 cm³/mol. The minimum atomic E-state index is -0.0167. The zero-order valence-corrected chi connectivity index (χ0v) is 16.3. The largest absolute Gasteiger partial charge is 0.336 e. The van der Waals surface area contributed by atoms with Gasteiger partial charge < -0.3 is 9.42 Å². The summed E-state index contributed by atoms with van der Waals surface area (Å²) >= 11 is 6.01. The van der Waals surface area contributed by atoms with Crippen LogP contribution in [0.25, 0.3) is 11.5 Å². The summed E-state index contributed by atoms with van der Waals surface area (Å²) in [7, 11) is 0. The van der Waals surface area contributed by atoms with Crippen LogP contribution in [0.5, 0.6) is 0 Å². The molecule has 0 radical (unpaired) electrons. The Balaban J connectivity index is 1.33. The third-order valence-corrected chi connectivity index (χ3v) is 5.06. The van der Waals surface area contributed by atoms with Crippen molar-refractivity contribution in [2.24, 2.45) is 0 Å². The molecule has 0 atom stereocenters. The molecule has 146 valence electrons. The van der Waals surface area contributed by atoms with E-state index in [2.05, 4.69) is 21.1 Å². The van der Waals surface area contributed by atoms with Crippen LogP contribution in [0.3, 0.4) is 0 Å². The Morgan fingerprint density at radius 2 is 1.90 bits per heavy atom. The molecule has 1 amide bonds. The van der Waals surface area contributed by atoms with E-state index in [1.807, 2.05) is 17.0 Å². The van der Waals surface area contributed by atoms with Crippen molar-refractivity contribution in [1.29, 1.82) is 5.26 Å². The summed E-state index contributed by atoms with van der Waals surface area (Å²) in [5, 5.41) is 13.5. The van der Waals surface area contributed by atoms with Crippen molar-refractivity contribution in [3.05, 3.63) is 70.5 Å². The van der Waals surface area contributed by atoms with Crippen molar-refractivity contribution in [2.45, 2.75) is 6.54 Å². The molecule has 2 heterocycles. The topological polar surface area (TPSA) is 86.3 Å². The number of hydrogen-bond donors (Lipinski definition) is 0. The standard InChI is InChI=1S/C21H18ClN5O2/c22-18-3-1-2-17(12-18)20-24-19(25-29-20)14-26-8-10-27(11-9-26)21(28)16-6-4-15(13-23)5-7-16/h1-7,12H,8-11,14H2. The number of amides is 1. The summed E-state index contributed by atoms with van der Waals surface area (Å²) in [6, 6.07) is 16.1. The molecule has 1 aliphatic heterocycles. The van der Waals surface area contributed by atoms with Crippen LogP contribution in [0.15, 0.2) is 53.1 Å². The summed E-state index contributed by atoms with van der Waals surface area (Å²) in [6.07, 6.45) is 0. The SMILES string of the molecule is N#Cc1ccc(C(=O)N2CCN(Cc3noc(-c4cccc(Cl)c4)n3)CC2)cc1. The van der Waals surface area contributed by atoms with Crippen molar-refractivity contribution in [3.8, 4) is 17.5 Å². The van der Waals surface area contributed by atoms with E-state index in [0.717, 1.165) is 18.7 Å². The number of aromatic nitrogens is 2. The number of carbonyl (C=O) groups excluding carboxylic acids is 1. The van der Waals surface area contributed by atoms with Crippen molar-refractivity contribution in [3.63, 3.8) is 0 Å². The quantitative estimate of drug-likeness (QED) is 0.660. The molecular weight excluding hydrogens is 390 g/mol. The first-order valence-corrected chi connectivity index (χ1v) is 9.60. The van der Waals surface area contributed by atoms with Gasteiger partial charge in [0.1, 0.15) is 0 Å². The average molecular weight is 408 g/mol. The zero-order valence-electron chi connectivity index (χ0n) is 15.6. The molecule has 8 heteroatoms. The fourth-order valence-corrected chi connectivity index (χ4v) is 3.43. The molecule has 1 saturated heterocycles. The first-order valence-electron chi connectivity index (χ1n) is 9.23. The zero-order chi connectivity index (χ0) is 20.2. The van der Waals surface area contributed by atoms with Gasteiger partial charge in [0.05, 0.1) is 18.2 Å². The Morgan fingerprint density at radius 1 is 1.14 bits per heavy atom. The maximum Gasteiger partial charge on any atom is 0.258 e. The second-order valence-corrected chi connectivity index (χ2v) is 7.22. The van der Waals surface area contributed by atoms with Gasteiger partial charge in [-0.05, 0) is 42.5 Å². The van der Waals surface area contributed by atoms with E-state index >= 15 is 0 Å². The van der Waals surface area contributed by atoms with Crippen molar-refractivity contribution < 1.29 is 9.32 Å². The van der Waals surface area contributed by atoms with E-state index in [4.69, 9.17) is 21.4 Å². The Kier molecular flexibility index (Phi) is 5.56. The van der Waals surface area contributed by atoms with Crippen molar-refractivity contribution in [1.82, 2.24) is 19.9 Å². The molecule has 0 saturated carbocycles. The summed E-state index contributed by atoms with van der Waals surface area (Å²) in [5.74, 6) is 1.03. The summed E-state index contributed by atoms with van der Waals surface area (Å²) in [4.78, 5) is 21.1. The molecule has 2 aromatic carbocycles. The maximum absolute atomic E-state index is 12.6. The minimum absolute atomic E-state index is 0.0167. The van der Waals surface area contributed by atoms with Crippen LogP contribution in [0.1, 0.15) is 21.7 Å². The van der Waals surface area contributed by atoms with Gasteiger partial charge in [-0.25, -0.2) is 0 Å². The van der Waals surface area contributed by atoms with E-state index in [1.165, 1.54) is 0 Å². The third-order valence-electron chi connectivity index (χ3n) is 4.83. The molecule has 0 spiro atoms. The third kappa shape index (κ3) is 4.45. The fourth-order valence-electron chi connectivity index (χ4n) is 3.24. The lowest BCUT2D eigenvalue weighted by atomic mass is 10.1. The molecule has 0 bridgehead atoms. The summed E-state index contributed by atoms with van der Waals surface area (Å²) in [6.45, 7) is 3.25. The van der Waals surface area contributed by atoms with Gasteiger partial charge in [-0.15, -0.1) is 0 Å². The van der Waals surface area contributed by atoms with E-state index in [9.17, 15) is 4.79 Å². The van der Waals surface area contributed by atoms with E-state index in [0.29, 0.717) is 47.5 Å². The molecule has 1 aromatic heterocycles. The molecule has 29 heavy (non-hydrogen) atoms. The number of benzene rings is 2. The number of carbonyl (C=O) groups is 1. The van der Waals surface area contributed by atoms with Gasteiger partial charge in [-0.2, -0.15) is 10.2 Å². The molecule has 3 aromatic rings. The lowest BCUT2D eigenvalue weighted by molar-refractivity contribution is 0.0624. The first-order chi connectivity index (χ1) is 14.1. The lowest BCUT2D eigenvalue weighted by Gasteiger charge is -2.34. The predicted octanol–water partition coefficient (Wildman–Crippen LogP) is 3.22. The second kappa shape index (κ2) is 8.43. The van der Waals surface area contributed by atoms with Gasteiger partial charge in [-0.1, -0.05) is 22.8 Å². The van der Waals surface area contributed by atoms with E-state index < -0.39 is 0 Å². The highest BCUT2D eigenvalue weighted by atomic mass is 35.5. The van der Waals surface area contributed by atoms with Crippen LogP contribution < -0.4 is 0 Å². The number of nitriles is 1. The first kappa shape index (κ1) is 19.1. The van der Waals surface area contributed by atoms with Gasteiger partial charge in [0.2, 0.25) is 0 Å². The van der Waals surface area contributed by atoms with Crippen molar-refractivity contribution >= 4 is 17.5 Å². The molecular formula is C21H18ClN5O2. The Hall–Kier alpha value is -3.21. The van der Waals surface area contributed by atoms with Crippen molar-refractivity contribution in [2.75, 3.05) is 26.2 Å². The van der Waals surface area contributed by atoms with Gasteiger partial charge in [0.15, 0.2) is 5.82 Å². The Labute approximate surface area is 173 Å². The molecule has 4 rings (SSSR count). The maximum atomic E-state index is 12.6. The summed E-state index contributed by atoms with van der Waals surface area (Å²) < 4.78 is 5.35. The normalized spacial score (nSPS) is 14.6. The second-order valence-electron chi connectivity index (χ2n) is 6.78. The smallest absolute Gasteiger partial charge is 0.258 e. The van der Waals surface area contributed by atoms with Crippen LogP contribution in [-0.4, -0.2) is 52.0 Å². The number of hydrogen-bond acceptors (Lipinski definition) is 6. The number of rotatable bonds is 4. The van der Waals surface area contributed by atoms with Gasteiger partial charge >= 0.3 is 0 Å². The molecule has 1 aliphatic rings. The molecule has 0 N–H and O–H groups in total. The summed E-state index contributed by atoms with van der Waals surface area (Å²) in [5.41, 5.74) is 1.93. The highest BCUT2D eigenvalue weighted by molar-refractivity contribution is 6.30. The van der Waals surface area contributed by atoms with Crippen LogP contribution >= 0.6 is 11.6 Å². The van der Waals surface area contributed by atoms with Crippen LogP contribution in [0.2, 0.25) is 5.02 Å². The van der Waals surface area contributed by atoms with Crippen LogP contribution in [-0.2, 0) is 6.54 Å². The highest BCUT2D eigenvalue weighted by Crippen LogP contribution is 2.21. The van der Waals surface area contributed by atoms with E-state index in [1.54, 1.807) is 36.4 Å². The van der Waals surface area contributed by atoms with E-state index in [-0.39, 0.29) is 5.91 Å². The molecule has 0 unspecified atom stereocenters. The number of nitrogens with zero attached hydrogens (tertiary/aromatic N) is 5. The molecule has 1 fully saturated rings.